The number of nitrogens with one attached hydrogen (secondary N) is 1. The summed E-state index contributed by atoms with van der Waals surface area (Å²) in [5.41, 5.74) is 2.90. The van der Waals surface area contributed by atoms with E-state index in [1.165, 1.54) is 0 Å². The number of carbonyl (C=O) groups excluding carboxylic acids is 1. The van der Waals surface area contributed by atoms with E-state index < -0.39 is 0 Å². The van der Waals surface area contributed by atoms with Crippen LogP contribution in [-0.2, 0) is 16.6 Å². The second-order valence-electron chi connectivity index (χ2n) is 4.79. The minimum Gasteiger partial charge on any atom is -0.381 e. The zero-order valence-electron chi connectivity index (χ0n) is 12.7. The summed E-state index contributed by atoms with van der Waals surface area (Å²) in [6, 6.07) is 9.94. The van der Waals surface area contributed by atoms with E-state index >= 15 is 0 Å². The van der Waals surface area contributed by atoms with E-state index in [0.29, 0.717) is 19.6 Å². The number of aryl methyl sites for hydroxylation is 2. The Bertz CT molecular complexity index is 605. The van der Waals surface area contributed by atoms with Gasteiger partial charge in [-0.3, -0.25) is 9.48 Å². The molecule has 0 aliphatic carbocycles. The molecule has 0 aliphatic heterocycles. The summed E-state index contributed by atoms with van der Waals surface area (Å²) in [7, 11) is 1.83. The molecule has 2 rings (SSSR count). The normalized spacial score (nSPS) is 10.6. The van der Waals surface area contributed by atoms with Crippen molar-refractivity contribution in [2.24, 2.45) is 7.05 Å². The number of nitrogens with zero attached hydrogens (tertiary/aromatic N) is 2. The number of carbonyl (C=O) groups is 1. The Balaban J connectivity index is 2.22. The number of aromatic nitrogens is 2. The van der Waals surface area contributed by atoms with Crippen LogP contribution in [0.25, 0.3) is 11.1 Å². The molecule has 1 aromatic heterocycles. The van der Waals surface area contributed by atoms with E-state index in [0.717, 1.165) is 22.6 Å². The lowest BCUT2D eigenvalue weighted by molar-refractivity contribution is -0.117. The van der Waals surface area contributed by atoms with Gasteiger partial charge in [0.2, 0.25) is 5.91 Å². The third kappa shape index (κ3) is 3.70. The number of anilines is 1. The Morgan fingerprint density at radius 1 is 1.33 bits per heavy atom. The van der Waals surface area contributed by atoms with E-state index in [2.05, 4.69) is 10.4 Å². The molecule has 1 heterocycles. The molecule has 1 N–H and O–H groups in total. The number of rotatable bonds is 6. The zero-order valence-corrected chi connectivity index (χ0v) is 12.7. The van der Waals surface area contributed by atoms with Crippen LogP contribution in [0.15, 0.2) is 30.3 Å². The molecule has 0 unspecified atom stereocenters. The van der Waals surface area contributed by atoms with Gasteiger partial charge in [-0.25, -0.2) is 0 Å². The maximum Gasteiger partial charge on any atom is 0.227 e. The van der Waals surface area contributed by atoms with Crippen molar-refractivity contribution in [1.82, 2.24) is 9.78 Å². The monoisotopic (exact) mass is 287 g/mol. The average molecular weight is 287 g/mol. The van der Waals surface area contributed by atoms with Gasteiger partial charge in [0.25, 0.3) is 0 Å². The van der Waals surface area contributed by atoms with Gasteiger partial charge in [0.15, 0.2) is 0 Å². The molecule has 1 aromatic carbocycles. The first-order chi connectivity index (χ1) is 10.1. The van der Waals surface area contributed by atoms with Crippen molar-refractivity contribution in [1.29, 1.82) is 0 Å². The van der Waals surface area contributed by atoms with E-state index in [9.17, 15) is 4.79 Å². The van der Waals surface area contributed by atoms with E-state index in [1.807, 2.05) is 51.2 Å². The molecule has 0 atom stereocenters. The maximum absolute atomic E-state index is 12.0. The predicted molar refractivity (Wildman–Crippen MR) is 83.1 cm³/mol. The van der Waals surface area contributed by atoms with E-state index in [4.69, 9.17) is 4.74 Å². The third-order valence-corrected chi connectivity index (χ3v) is 3.22. The van der Waals surface area contributed by atoms with Crippen LogP contribution in [0.1, 0.15) is 19.0 Å². The molecule has 112 valence electrons. The summed E-state index contributed by atoms with van der Waals surface area (Å²) in [6.07, 6.45) is 0.340. The summed E-state index contributed by atoms with van der Waals surface area (Å²) < 4.78 is 6.91. The molecule has 1 amide bonds. The largest absolute Gasteiger partial charge is 0.381 e. The minimum atomic E-state index is -0.0661. The first-order valence-corrected chi connectivity index (χ1v) is 7.10. The van der Waals surface area contributed by atoms with Gasteiger partial charge in [-0.15, -0.1) is 0 Å². The Hall–Kier alpha value is -2.14. The third-order valence-electron chi connectivity index (χ3n) is 3.22. The van der Waals surface area contributed by atoms with Crippen LogP contribution in [0.2, 0.25) is 0 Å². The second-order valence-corrected chi connectivity index (χ2v) is 4.79. The molecule has 0 bridgehead atoms. The molecule has 5 heteroatoms. The van der Waals surface area contributed by atoms with Crippen LogP contribution in [0.5, 0.6) is 0 Å². The fraction of sp³-hybridized carbons (Fsp3) is 0.375. The van der Waals surface area contributed by atoms with Crippen molar-refractivity contribution in [2.75, 3.05) is 18.5 Å². The molecule has 0 saturated carbocycles. The van der Waals surface area contributed by atoms with Crippen molar-refractivity contribution in [3.05, 3.63) is 36.0 Å². The number of hydrogen-bond acceptors (Lipinski definition) is 3. The molecular formula is C16H21N3O2. The number of ether oxygens (including phenoxy) is 1. The van der Waals surface area contributed by atoms with Crippen LogP contribution >= 0.6 is 0 Å². The summed E-state index contributed by atoms with van der Waals surface area (Å²) in [4.78, 5) is 12.0. The highest BCUT2D eigenvalue weighted by Gasteiger charge is 2.16. The fourth-order valence-corrected chi connectivity index (χ4v) is 2.26. The van der Waals surface area contributed by atoms with Gasteiger partial charge in [-0.05, 0) is 19.4 Å². The van der Waals surface area contributed by atoms with E-state index in [1.54, 1.807) is 4.68 Å². The highest BCUT2D eigenvalue weighted by atomic mass is 16.5. The number of benzene rings is 1. The molecular weight excluding hydrogens is 266 g/mol. The van der Waals surface area contributed by atoms with Gasteiger partial charge >= 0.3 is 0 Å². The second kappa shape index (κ2) is 7.04. The smallest absolute Gasteiger partial charge is 0.227 e. The minimum absolute atomic E-state index is 0.0661. The van der Waals surface area contributed by atoms with Crippen LogP contribution in [0.3, 0.4) is 0 Å². The quantitative estimate of drug-likeness (QED) is 0.831. The van der Waals surface area contributed by atoms with Crippen LogP contribution < -0.4 is 5.32 Å². The fourth-order valence-electron chi connectivity index (χ4n) is 2.26. The zero-order chi connectivity index (χ0) is 15.2. The molecule has 0 radical (unpaired) electrons. The van der Waals surface area contributed by atoms with Crippen LogP contribution in [0, 0.1) is 6.92 Å². The van der Waals surface area contributed by atoms with Gasteiger partial charge in [0.05, 0.1) is 18.7 Å². The van der Waals surface area contributed by atoms with Crippen molar-refractivity contribution in [2.45, 2.75) is 20.3 Å². The topological polar surface area (TPSA) is 56.1 Å². The summed E-state index contributed by atoms with van der Waals surface area (Å²) >= 11 is 0. The lowest BCUT2D eigenvalue weighted by Gasteiger charge is -2.09. The molecule has 0 fully saturated rings. The van der Waals surface area contributed by atoms with Gasteiger partial charge in [0, 0.05) is 19.2 Å². The van der Waals surface area contributed by atoms with Crippen molar-refractivity contribution in [3.63, 3.8) is 0 Å². The van der Waals surface area contributed by atoms with Crippen LogP contribution in [0.4, 0.5) is 5.82 Å². The highest BCUT2D eigenvalue weighted by Crippen LogP contribution is 2.30. The number of amides is 1. The molecule has 0 aliphatic rings. The van der Waals surface area contributed by atoms with Gasteiger partial charge in [-0.2, -0.15) is 5.10 Å². The highest BCUT2D eigenvalue weighted by molar-refractivity contribution is 5.94. The first-order valence-electron chi connectivity index (χ1n) is 7.10. The molecule has 2 aromatic rings. The van der Waals surface area contributed by atoms with Crippen molar-refractivity contribution < 1.29 is 9.53 Å². The summed E-state index contributed by atoms with van der Waals surface area (Å²) in [5.74, 6) is 0.656. The molecule has 0 saturated heterocycles. The van der Waals surface area contributed by atoms with Crippen molar-refractivity contribution in [3.8, 4) is 11.1 Å². The first kappa shape index (κ1) is 15.3. The SMILES string of the molecule is CCOCCC(=O)Nc1c(-c2ccccc2)c(C)nn1C. The Morgan fingerprint density at radius 3 is 2.71 bits per heavy atom. The lowest BCUT2D eigenvalue weighted by Crippen LogP contribution is -2.16. The van der Waals surface area contributed by atoms with Crippen molar-refractivity contribution >= 4 is 11.7 Å². The predicted octanol–water partition coefficient (Wildman–Crippen LogP) is 2.76. The van der Waals surface area contributed by atoms with Crippen LogP contribution in [-0.4, -0.2) is 28.9 Å². The van der Waals surface area contributed by atoms with E-state index in [-0.39, 0.29) is 5.91 Å². The number of hydrogen-bond donors (Lipinski definition) is 1. The standard InChI is InChI=1S/C16H21N3O2/c1-4-21-11-10-14(20)17-16-15(12(2)18-19(16)3)13-8-6-5-7-9-13/h5-9H,4,10-11H2,1-3H3,(H,17,20). The Kier molecular flexibility index (Phi) is 5.11. The molecule has 5 nitrogen and oxygen atoms in total. The van der Waals surface area contributed by atoms with Gasteiger partial charge < -0.3 is 10.1 Å². The Morgan fingerprint density at radius 2 is 2.05 bits per heavy atom. The Labute approximate surface area is 124 Å². The lowest BCUT2D eigenvalue weighted by atomic mass is 10.1. The summed E-state index contributed by atoms with van der Waals surface area (Å²) in [6.45, 7) is 4.90. The molecule has 0 spiro atoms. The van der Waals surface area contributed by atoms with Gasteiger partial charge in [0.1, 0.15) is 5.82 Å². The average Bonchev–Trinajstić information content (AvgIpc) is 2.74. The summed E-state index contributed by atoms with van der Waals surface area (Å²) in [5, 5.41) is 7.35. The van der Waals surface area contributed by atoms with Gasteiger partial charge in [-0.1, -0.05) is 30.3 Å². The maximum atomic E-state index is 12.0. The molecule has 21 heavy (non-hydrogen) atoms.